The van der Waals surface area contributed by atoms with Crippen molar-refractivity contribution in [2.45, 2.75) is 31.2 Å². The minimum Gasteiger partial charge on any atom is -0.348 e. The van der Waals surface area contributed by atoms with Gasteiger partial charge in [-0.05, 0) is 37.1 Å². The number of nitrogens with one attached hydrogen (secondary N) is 2. The van der Waals surface area contributed by atoms with Gasteiger partial charge in [0.25, 0.3) is 5.91 Å². The number of benzene rings is 2. The summed E-state index contributed by atoms with van der Waals surface area (Å²) in [7, 11) is -0.801. The molecule has 2 aromatic carbocycles. The summed E-state index contributed by atoms with van der Waals surface area (Å²) in [5.74, 6) is -0.831. The zero-order valence-corrected chi connectivity index (χ0v) is 17.9. The molecule has 0 aliphatic rings. The standard InChI is InChI=1S/C21H27N3O4S/c1-5-19(16-11-9-15(2)10-12-16)23-20(25)14-22-21(26)17-7-6-8-18(13-17)29(27,28)24(3)4/h6-13,19H,5,14H2,1-4H3,(H,22,26)(H,23,25)/t19-/m0/s1. The third-order valence-electron chi connectivity index (χ3n) is 4.51. The summed E-state index contributed by atoms with van der Waals surface area (Å²) in [6.07, 6.45) is 0.715. The van der Waals surface area contributed by atoms with Crippen molar-refractivity contribution in [3.63, 3.8) is 0 Å². The zero-order chi connectivity index (χ0) is 21.6. The molecule has 2 aromatic rings. The van der Waals surface area contributed by atoms with Crippen LogP contribution in [0.4, 0.5) is 0 Å². The molecule has 0 aliphatic carbocycles. The molecular weight excluding hydrogens is 390 g/mol. The Balaban J connectivity index is 1.99. The zero-order valence-electron chi connectivity index (χ0n) is 17.1. The Labute approximate surface area is 172 Å². The second-order valence-electron chi connectivity index (χ2n) is 6.94. The highest BCUT2D eigenvalue weighted by Crippen LogP contribution is 2.17. The van der Waals surface area contributed by atoms with Crippen LogP contribution in [-0.4, -0.2) is 45.2 Å². The first-order valence-electron chi connectivity index (χ1n) is 9.32. The normalized spacial score (nSPS) is 12.4. The Hall–Kier alpha value is -2.71. The maximum Gasteiger partial charge on any atom is 0.251 e. The van der Waals surface area contributed by atoms with Crippen molar-refractivity contribution in [3.8, 4) is 0 Å². The van der Waals surface area contributed by atoms with Crippen LogP contribution < -0.4 is 10.6 Å². The summed E-state index contributed by atoms with van der Waals surface area (Å²) in [5.41, 5.74) is 2.31. The third kappa shape index (κ3) is 5.88. The maximum atomic E-state index is 12.4. The minimum absolute atomic E-state index is 0.0185. The molecule has 1 atom stereocenters. The predicted molar refractivity (Wildman–Crippen MR) is 112 cm³/mol. The van der Waals surface area contributed by atoms with Gasteiger partial charge in [-0.2, -0.15) is 0 Å². The lowest BCUT2D eigenvalue weighted by Crippen LogP contribution is -2.38. The molecule has 2 rings (SSSR count). The van der Waals surface area contributed by atoms with Gasteiger partial charge < -0.3 is 10.6 Å². The van der Waals surface area contributed by atoms with Crippen molar-refractivity contribution >= 4 is 21.8 Å². The van der Waals surface area contributed by atoms with E-state index in [2.05, 4.69) is 10.6 Å². The van der Waals surface area contributed by atoms with Crippen LogP contribution in [0.5, 0.6) is 0 Å². The van der Waals surface area contributed by atoms with E-state index in [0.29, 0.717) is 6.42 Å². The Morgan fingerprint density at radius 1 is 1.07 bits per heavy atom. The molecule has 0 saturated heterocycles. The summed E-state index contributed by atoms with van der Waals surface area (Å²) in [6.45, 7) is 3.77. The quantitative estimate of drug-likeness (QED) is 0.689. The molecule has 0 spiro atoms. The van der Waals surface area contributed by atoms with E-state index in [1.807, 2.05) is 38.1 Å². The van der Waals surface area contributed by atoms with Gasteiger partial charge in [0.15, 0.2) is 0 Å². The van der Waals surface area contributed by atoms with E-state index in [1.54, 1.807) is 0 Å². The van der Waals surface area contributed by atoms with Crippen LogP contribution in [-0.2, 0) is 14.8 Å². The molecule has 8 heteroatoms. The smallest absolute Gasteiger partial charge is 0.251 e. The van der Waals surface area contributed by atoms with E-state index >= 15 is 0 Å². The van der Waals surface area contributed by atoms with Gasteiger partial charge in [-0.3, -0.25) is 9.59 Å². The first kappa shape index (κ1) is 22.6. The number of hydrogen-bond acceptors (Lipinski definition) is 4. The van der Waals surface area contributed by atoms with Crippen LogP contribution in [0.3, 0.4) is 0 Å². The van der Waals surface area contributed by atoms with Gasteiger partial charge in [-0.25, -0.2) is 12.7 Å². The van der Waals surface area contributed by atoms with Gasteiger partial charge in [-0.1, -0.05) is 42.8 Å². The number of carbonyl (C=O) groups is 2. The van der Waals surface area contributed by atoms with Crippen molar-refractivity contribution in [1.82, 2.24) is 14.9 Å². The number of rotatable bonds is 8. The van der Waals surface area contributed by atoms with E-state index in [9.17, 15) is 18.0 Å². The third-order valence-corrected chi connectivity index (χ3v) is 6.32. The van der Waals surface area contributed by atoms with Gasteiger partial charge in [0.05, 0.1) is 17.5 Å². The molecule has 2 N–H and O–H groups in total. The lowest BCUT2D eigenvalue weighted by Gasteiger charge is -2.18. The molecule has 0 unspecified atom stereocenters. The number of hydrogen-bond donors (Lipinski definition) is 2. The van der Waals surface area contributed by atoms with Crippen LogP contribution in [0.1, 0.15) is 40.9 Å². The first-order chi connectivity index (χ1) is 13.6. The van der Waals surface area contributed by atoms with Crippen molar-refractivity contribution in [1.29, 1.82) is 0 Å². The van der Waals surface area contributed by atoms with Gasteiger partial charge in [-0.15, -0.1) is 0 Å². The highest BCUT2D eigenvalue weighted by molar-refractivity contribution is 7.89. The van der Waals surface area contributed by atoms with Crippen LogP contribution >= 0.6 is 0 Å². The molecule has 2 amide bonds. The van der Waals surface area contributed by atoms with Crippen molar-refractivity contribution in [3.05, 3.63) is 65.2 Å². The number of sulfonamides is 1. The molecule has 0 heterocycles. The number of nitrogens with zero attached hydrogens (tertiary/aromatic N) is 1. The molecule has 0 aromatic heterocycles. The van der Waals surface area contributed by atoms with Crippen molar-refractivity contribution < 1.29 is 18.0 Å². The van der Waals surface area contributed by atoms with Crippen LogP contribution in [0.25, 0.3) is 0 Å². The average molecular weight is 418 g/mol. The molecule has 0 saturated carbocycles. The predicted octanol–water partition coefficient (Wildman–Crippen LogP) is 2.24. The number of carbonyl (C=O) groups excluding carboxylic acids is 2. The van der Waals surface area contributed by atoms with E-state index < -0.39 is 15.9 Å². The van der Waals surface area contributed by atoms with E-state index in [1.165, 1.54) is 38.4 Å². The minimum atomic E-state index is -3.64. The van der Waals surface area contributed by atoms with Crippen molar-refractivity contribution in [2.75, 3.05) is 20.6 Å². The second kappa shape index (κ2) is 9.67. The fourth-order valence-electron chi connectivity index (χ4n) is 2.74. The molecule has 0 aliphatic heterocycles. The highest BCUT2D eigenvalue weighted by atomic mass is 32.2. The largest absolute Gasteiger partial charge is 0.348 e. The van der Waals surface area contributed by atoms with E-state index in [4.69, 9.17) is 0 Å². The lowest BCUT2D eigenvalue weighted by atomic mass is 10.0. The highest BCUT2D eigenvalue weighted by Gasteiger charge is 2.19. The molecule has 0 fully saturated rings. The fourth-order valence-corrected chi connectivity index (χ4v) is 3.68. The summed E-state index contributed by atoms with van der Waals surface area (Å²) >= 11 is 0. The van der Waals surface area contributed by atoms with E-state index in [0.717, 1.165) is 15.4 Å². The topological polar surface area (TPSA) is 95.6 Å². The van der Waals surface area contributed by atoms with Gasteiger partial charge in [0.1, 0.15) is 0 Å². The Kier molecular flexibility index (Phi) is 7.53. The Morgan fingerprint density at radius 3 is 2.31 bits per heavy atom. The second-order valence-corrected chi connectivity index (χ2v) is 9.09. The summed E-state index contributed by atoms with van der Waals surface area (Å²) < 4.78 is 25.5. The van der Waals surface area contributed by atoms with E-state index in [-0.39, 0.29) is 29.0 Å². The summed E-state index contributed by atoms with van der Waals surface area (Å²) in [6, 6.07) is 13.5. The average Bonchev–Trinajstić information content (AvgIpc) is 2.71. The first-order valence-corrected chi connectivity index (χ1v) is 10.8. The Bertz CT molecular complexity index is 970. The van der Waals surface area contributed by atoms with Crippen LogP contribution in [0.15, 0.2) is 53.4 Å². The number of amides is 2. The molecular formula is C21H27N3O4S. The summed E-state index contributed by atoms with van der Waals surface area (Å²) in [5, 5.41) is 5.44. The summed E-state index contributed by atoms with van der Waals surface area (Å²) in [4.78, 5) is 24.7. The monoisotopic (exact) mass is 417 g/mol. The van der Waals surface area contributed by atoms with Gasteiger partial charge >= 0.3 is 0 Å². The lowest BCUT2D eigenvalue weighted by molar-refractivity contribution is -0.120. The molecule has 29 heavy (non-hydrogen) atoms. The van der Waals surface area contributed by atoms with Gasteiger partial charge in [0.2, 0.25) is 15.9 Å². The molecule has 0 radical (unpaired) electrons. The fraction of sp³-hybridized carbons (Fsp3) is 0.333. The molecule has 0 bridgehead atoms. The SMILES string of the molecule is CC[C@H](NC(=O)CNC(=O)c1cccc(S(=O)(=O)N(C)C)c1)c1ccc(C)cc1. The van der Waals surface area contributed by atoms with Crippen molar-refractivity contribution in [2.24, 2.45) is 0 Å². The maximum absolute atomic E-state index is 12.4. The van der Waals surface area contributed by atoms with Crippen LogP contribution in [0, 0.1) is 6.92 Å². The van der Waals surface area contributed by atoms with Gasteiger partial charge in [0, 0.05) is 19.7 Å². The molecule has 156 valence electrons. The number of aryl methyl sites for hydroxylation is 1. The van der Waals surface area contributed by atoms with Crippen LogP contribution in [0.2, 0.25) is 0 Å². The molecule has 7 nitrogen and oxygen atoms in total. The Morgan fingerprint density at radius 2 is 1.72 bits per heavy atom.